The van der Waals surface area contributed by atoms with Crippen LogP contribution in [0.5, 0.6) is 0 Å². The van der Waals surface area contributed by atoms with Crippen LogP contribution in [0.4, 0.5) is 0 Å². The van der Waals surface area contributed by atoms with Crippen molar-refractivity contribution in [1.82, 2.24) is 0 Å². The molecule has 1 unspecified atom stereocenters. The fourth-order valence-electron chi connectivity index (χ4n) is 0.989. The van der Waals surface area contributed by atoms with E-state index in [1.165, 1.54) is 0 Å². The molecule has 0 aromatic carbocycles. The van der Waals surface area contributed by atoms with E-state index < -0.39 is 26.9 Å². The molecule has 0 aromatic rings. The minimum Gasteiger partial charge on any atom is -0.393 e. The molecule has 6 nitrogen and oxygen atoms in total. The van der Waals surface area contributed by atoms with E-state index in [9.17, 15) is 4.57 Å². The Hall–Kier alpha value is -0.450. The molecule has 0 bridgehead atoms. The smallest absolute Gasteiger partial charge is 0.367 e. The van der Waals surface area contributed by atoms with E-state index in [0.717, 1.165) is 6.08 Å². The molecule has 3 N–H and O–H groups in total. The van der Waals surface area contributed by atoms with Crippen molar-refractivity contribution in [1.29, 1.82) is 0 Å². The standard InChI is InChI=1S/C10H19O6P/c1-3-15-17(14,16-4-2)10(8-12)6-5-9(13)7-11/h5,9,11-13H,3-4,7-8H2,1-2H3. The van der Waals surface area contributed by atoms with Crippen LogP contribution in [-0.4, -0.2) is 47.9 Å². The highest BCUT2D eigenvalue weighted by molar-refractivity contribution is 7.58. The lowest BCUT2D eigenvalue weighted by Gasteiger charge is -2.17. The van der Waals surface area contributed by atoms with Gasteiger partial charge in [0.1, 0.15) is 11.4 Å². The monoisotopic (exact) mass is 266 g/mol. The fraction of sp³-hybridized carbons (Fsp3) is 0.700. The maximum absolute atomic E-state index is 12.2. The maximum Gasteiger partial charge on any atom is 0.367 e. The van der Waals surface area contributed by atoms with Gasteiger partial charge in [0.2, 0.25) is 0 Å². The van der Waals surface area contributed by atoms with Gasteiger partial charge in [0, 0.05) is 0 Å². The molecule has 17 heavy (non-hydrogen) atoms. The average molecular weight is 266 g/mol. The molecule has 0 radical (unpaired) electrons. The topological polar surface area (TPSA) is 96.2 Å². The summed E-state index contributed by atoms with van der Waals surface area (Å²) in [6.45, 7) is 2.56. The number of rotatable bonds is 8. The first kappa shape index (κ1) is 16.6. The Morgan fingerprint density at radius 2 is 1.88 bits per heavy atom. The van der Waals surface area contributed by atoms with Crippen LogP contribution in [0.15, 0.2) is 17.1 Å². The SMILES string of the molecule is CCOP(=O)(OCC)C(=C=CC(O)CO)CO. The molecule has 7 heteroatoms. The van der Waals surface area contributed by atoms with E-state index >= 15 is 0 Å². The van der Waals surface area contributed by atoms with E-state index in [4.69, 9.17) is 24.4 Å². The van der Waals surface area contributed by atoms with Gasteiger partial charge in [-0.1, -0.05) is 0 Å². The highest BCUT2D eigenvalue weighted by Gasteiger charge is 2.28. The molecule has 0 amide bonds. The first-order valence-corrected chi connectivity index (χ1v) is 6.83. The molecule has 0 aliphatic heterocycles. The van der Waals surface area contributed by atoms with Crippen molar-refractivity contribution in [3.05, 3.63) is 17.1 Å². The van der Waals surface area contributed by atoms with Crippen LogP contribution < -0.4 is 0 Å². The van der Waals surface area contributed by atoms with Gasteiger partial charge in [0.05, 0.1) is 26.4 Å². The van der Waals surface area contributed by atoms with Gasteiger partial charge < -0.3 is 24.4 Å². The average Bonchev–Trinajstić information content (AvgIpc) is 2.29. The molecule has 0 rings (SSSR count). The predicted octanol–water partition coefficient (Wildman–Crippen LogP) is 0.637. The molecule has 0 heterocycles. The maximum atomic E-state index is 12.2. The van der Waals surface area contributed by atoms with E-state index in [0.29, 0.717) is 0 Å². The van der Waals surface area contributed by atoms with Crippen LogP contribution in [0.25, 0.3) is 0 Å². The lowest BCUT2D eigenvalue weighted by atomic mass is 10.3. The first-order valence-electron chi connectivity index (χ1n) is 5.29. The number of aliphatic hydroxyl groups excluding tert-OH is 3. The van der Waals surface area contributed by atoms with Crippen molar-refractivity contribution in [3.8, 4) is 0 Å². The van der Waals surface area contributed by atoms with E-state index in [2.05, 4.69) is 5.73 Å². The van der Waals surface area contributed by atoms with Gasteiger partial charge in [-0.2, -0.15) is 0 Å². The number of hydrogen-bond acceptors (Lipinski definition) is 6. The van der Waals surface area contributed by atoms with Gasteiger partial charge in [0.25, 0.3) is 0 Å². The molecule has 0 aromatic heterocycles. The second kappa shape index (κ2) is 8.61. The summed E-state index contributed by atoms with van der Waals surface area (Å²) < 4.78 is 22.2. The molecule has 0 aliphatic rings. The van der Waals surface area contributed by atoms with Crippen LogP contribution in [0, 0.1) is 0 Å². The van der Waals surface area contributed by atoms with Crippen LogP contribution in [0.3, 0.4) is 0 Å². The first-order chi connectivity index (χ1) is 8.03. The van der Waals surface area contributed by atoms with Crippen LogP contribution in [0.2, 0.25) is 0 Å². The van der Waals surface area contributed by atoms with Crippen molar-refractivity contribution >= 4 is 7.60 Å². The Labute approximate surface area is 101 Å². The molecular formula is C10H19O6P. The zero-order chi connectivity index (χ0) is 13.3. The van der Waals surface area contributed by atoms with Crippen molar-refractivity contribution in [2.45, 2.75) is 20.0 Å². The van der Waals surface area contributed by atoms with Gasteiger partial charge in [-0.25, -0.2) is 0 Å². The minimum atomic E-state index is -3.56. The summed E-state index contributed by atoms with van der Waals surface area (Å²) in [5.41, 5.74) is 2.45. The van der Waals surface area contributed by atoms with Gasteiger partial charge in [0.15, 0.2) is 0 Å². The van der Waals surface area contributed by atoms with Crippen molar-refractivity contribution in [2.75, 3.05) is 26.4 Å². The van der Waals surface area contributed by atoms with Crippen LogP contribution in [-0.2, 0) is 13.6 Å². The quantitative estimate of drug-likeness (QED) is 0.440. The number of aliphatic hydroxyl groups is 3. The van der Waals surface area contributed by atoms with Crippen molar-refractivity contribution < 1.29 is 28.9 Å². The summed E-state index contributed by atoms with van der Waals surface area (Å²) in [6.07, 6.45) is -0.0378. The Morgan fingerprint density at radius 1 is 1.35 bits per heavy atom. The zero-order valence-electron chi connectivity index (χ0n) is 10.00. The second-order valence-electron chi connectivity index (χ2n) is 3.00. The Balaban J connectivity index is 5.16. The van der Waals surface area contributed by atoms with Gasteiger partial charge >= 0.3 is 7.60 Å². The summed E-state index contributed by atoms with van der Waals surface area (Å²) in [4.78, 5) is 0. The van der Waals surface area contributed by atoms with E-state index in [1.807, 2.05) is 0 Å². The summed E-state index contributed by atoms with van der Waals surface area (Å²) in [5, 5.41) is 26.7. The Bertz CT molecular complexity index is 311. The third-order valence-electron chi connectivity index (χ3n) is 1.71. The molecule has 0 aliphatic carbocycles. The highest BCUT2D eigenvalue weighted by atomic mass is 31.2. The molecule has 1 atom stereocenters. The summed E-state index contributed by atoms with van der Waals surface area (Å²) in [5.74, 6) is 0. The molecule has 100 valence electrons. The third kappa shape index (κ3) is 5.61. The third-order valence-corrected chi connectivity index (χ3v) is 3.84. The Kier molecular flexibility index (Phi) is 8.39. The predicted molar refractivity (Wildman–Crippen MR) is 62.6 cm³/mol. The van der Waals surface area contributed by atoms with E-state index in [-0.39, 0.29) is 18.5 Å². The lowest BCUT2D eigenvalue weighted by molar-refractivity contribution is 0.131. The highest BCUT2D eigenvalue weighted by Crippen LogP contribution is 2.55. The summed E-state index contributed by atoms with van der Waals surface area (Å²) >= 11 is 0. The van der Waals surface area contributed by atoms with Crippen molar-refractivity contribution in [2.24, 2.45) is 0 Å². The zero-order valence-corrected chi connectivity index (χ0v) is 10.9. The lowest BCUT2D eigenvalue weighted by Crippen LogP contribution is -2.07. The van der Waals surface area contributed by atoms with Crippen molar-refractivity contribution in [3.63, 3.8) is 0 Å². The normalized spacial score (nSPS) is 13.0. The molecule has 0 saturated carbocycles. The van der Waals surface area contributed by atoms with E-state index in [1.54, 1.807) is 13.8 Å². The van der Waals surface area contributed by atoms with Crippen LogP contribution >= 0.6 is 7.60 Å². The fourth-order valence-corrected chi connectivity index (χ4v) is 2.46. The summed E-state index contributed by atoms with van der Waals surface area (Å²) in [7, 11) is -3.56. The molecule has 0 fully saturated rings. The molecule has 0 saturated heterocycles. The summed E-state index contributed by atoms with van der Waals surface area (Å²) in [6, 6.07) is 0. The minimum absolute atomic E-state index is 0.0753. The van der Waals surface area contributed by atoms with Gasteiger partial charge in [-0.15, -0.1) is 5.73 Å². The molecule has 0 spiro atoms. The van der Waals surface area contributed by atoms with Crippen LogP contribution in [0.1, 0.15) is 13.8 Å². The van der Waals surface area contributed by atoms with Gasteiger partial charge in [-0.05, 0) is 19.9 Å². The largest absolute Gasteiger partial charge is 0.393 e. The molecular weight excluding hydrogens is 247 g/mol. The Morgan fingerprint density at radius 3 is 2.24 bits per heavy atom. The number of hydrogen-bond donors (Lipinski definition) is 3. The van der Waals surface area contributed by atoms with Gasteiger partial charge in [-0.3, -0.25) is 4.57 Å². The second-order valence-corrected chi connectivity index (χ2v) is 5.05.